The summed E-state index contributed by atoms with van der Waals surface area (Å²) in [4.78, 5) is 21.8. The second-order valence-electron chi connectivity index (χ2n) is 10.6. The maximum atomic E-state index is 13.8. The maximum absolute atomic E-state index is 13.8. The van der Waals surface area contributed by atoms with E-state index in [-0.39, 0.29) is 17.9 Å². The van der Waals surface area contributed by atoms with Crippen molar-refractivity contribution in [1.29, 1.82) is 0 Å². The molecule has 4 heteroatoms. The van der Waals surface area contributed by atoms with Crippen LogP contribution in [-0.2, 0) is 4.79 Å². The fourth-order valence-corrected chi connectivity index (χ4v) is 6.09. The van der Waals surface area contributed by atoms with Crippen LogP contribution >= 0.6 is 0 Å². The molecule has 1 amide bonds. The van der Waals surface area contributed by atoms with E-state index in [1.54, 1.807) is 0 Å². The number of piperazine rings is 1. The van der Waals surface area contributed by atoms with E-state index in [2.05, 4.69) is 131 Å². The number of rotatable bonds is 7. The van der Waals surface area contributed by atoms with Crippen molar-refractivity contribution in [2.45, 2.75) is 25.3 Å². The fraction of sp³-hybridized carbons (Fsp3) is 0.229. The van der Waals surface area contributed by atoms with Gasteiger partial charge in [-0.15, -0.1) is 0 Å². The lowest BCUT2D eigenvalue weighted by molar-refractivity contribution is -0.133. The molecule has 2 heterocycles. The molecule has 1 saturated heterocycles. The van der Waals surface area contributed by atoms with Crippen molar-refractivity contribution in [3.63, 3.8) is 0 Å². The number of aryl methyl sites for hydroxylation is 1. The van der Waals surface area contributed by atoms with Crippen LogP contribution in [0.3, 0.4) is 0 Å². The highest BCUT2D eigenvalue weighted by molar-refractivity contribution is 5.86. The van der Waals surface area contributed by atoms with E-state index in [9.17, 15) is 4.79 Å². The first-order chi connectivity index (χ1) is 19.2. The molecule has 0 saturated carbocycles. The average molecular weight is 514 g/mol. The number of aromatic amines is 1. The van der Waals surface area contributed by atoms with Gasteiger partial charge in [-0.1, -0.05) is 109 Å². The number of carbonyl (C=O) groups excluding carboxylic acids is 1. The third kappa shape index (κ3) is 5.39. The smallest absolute Gasteiger partial charge is 0.223 e. The maximum Gasteiger partial charge on any atom is 0.223 e. The molecule has 1 unspecified atom stereocenters. The highest BCUT2D eigenvalue weighted by Crippen LogP contribution is 2.35. The summed E-state index contributed by atoms with van der Waals surface area (Å²) in [7, 11) is 0. The van der Waals surface area contributed by atoms with Crippen molar-refractivity contribution in [2.24, 2.45) is 0 Å². The van der Waals surface area contributed by atoms with Gasteiger partial charge in [0.1, 0.15) is 0 Å². The Labute approximate surface area is 230 Å². The van der Waals surface area contributed by atoms with Gasteiger partial charge in [0.15, 0.2) is 0 Å². The Balaban J connectivity index is 1.21. The number of H-pyrrole nitrogens is 1. The molecule has 39 heavy (non-hydrogen) atoms. The number of aromatic nitrogens is 1. The fourth-order valence-electron chi connectivity index (χ4n) is 6.09. The van der Waals surface area contributed by atoms with Crippen molar-refractivity contribution in [3.05, 3.63) is 143 Å². The van der Waals surface area contributed by atoms with Crippen molar-refractivity contribution in [3.8, 4) is 0 Å². The Bertz CT molecular complexity index is 1490. The number of para-hydroxylation sites is 1. The normalized spacial score (nSPS) is 15.1. The first-order valence-corrected chi connectivity index (χ1v) is 13.9. The first-order valence-electron chi connectivity index (χ1n) is 13.9. The van der Waals surface area contributed by atoms with Gasteiger partial charge in [-0.3, -0.25) is 9.69 Å². The van der Waals surface area contributed by atoms with Crippen LogP contribution in [0.15, 0.2) is 115 Å². The molecule has 196 valence electrons. The van der Waals surface area contributed by atoms with Gasteiger partial charge in [0.05, 0.1) is 6.04 Å². The highest BCUT2D eigenvalue weighted by atomic mass is 16.2. The van der Waals surface area contributed by atoms with E-state index in [1.165, 1.54) is 33.2 Å². The quantitative estimate of drug-likeness (QED) is 0.256. The van der Waals surface area contributed by atoms with Gasteiger partial charge in [0.25, 0.3) is 0 Å². The summed E-state index contributed by atoms with van der Waals surface area (Å²) in [5.41, 5.74) is 7.30. The minimum absolute atomic E-state index is 0.00738. The molecular weight excluding hydrogens is 478 g/mol. The zero-order valence-corrected chi connectivity index (χ0v) is 22.5. The number of nitrogens with zero attached hydrogens (tertiary/aromatic N) is 2. The summed E-state index contributed by atoms with van der Waals surface area (Å²) in [6.45, 7) is 5.30. The van der Waals surface area contributed by atoms with E-state index in [4.69, 9.17) is 0 Å². The Morgan fingerprint density at radius 2 is 1.36 bits per heavy atom. The molecule has 1 fully saturated rings. The van der Waals surface area contributed by atoms with Crippen LogP contribution in [0.5, 0.6) is 0 Å². The van der Waals surface area contributed by atoms with Crippen LogP contribution in [0.1, 0.15) is 46.2 Å². The molecule has 1 aliphatic heterocycles. The topological polar surface area (TPSA) is 39.3 Å². The second-order valence-corrected chi connectivity index (χ2v) is 10.6. The predicted octanol–water partition coefficient (Wildman–Crippen LogP) is 6.93. The first kappa shape index (κ1) is 25.1. The van der Waals surface area contributed by atoms with Crippen LogP contribution in [0, 0.1) is 6.92 Å². The van der Waals surface area contributed by atoms with Crippen LogP contribution in [-0.4, -0.2) is 46.9 Å². The molecule has 5 aromatic rings. The lowest BCUT2D eigenvalue weighted by atomic mass is 9.87. The Kier molecular flexibility index (Phi) is 7.29. The largest absolute Gasteiger partial charge is 0.361 e. The second kappa shape index (κ2) is 11.3. The van der Waals surface area contributed by atoms with Crippen LogP contribution in [0.2, 0.25) is 0 Å². The van der Waals surface area contributed by atoms with Gasteiger partial charge >= 0.3 is 0 Å². The van der Waals surface area contributed by atoms with Crippen LogP contribution in [0.4, 0.5) is 0 Å². The molecule has 4 aromatic carbocycles. The molecule has 0 radical (unpaired) electrons. The molecule has 1 aliphatic rings. The number of hydrogen-bond donors (Lipinski definition) is 1. The molecular formula is C35H35N3O. The van der Waals surface area contributed by atoms with Crippen molar-refractivity contribution in [2.75, 3.05) is 26.2 Å². The Morgan fingerprint density at radius 1 is 0.744 bits per heavy atom. The van der Waals surface area contributed by atoms with E-state index in [0.29, 0.717) is 6.42 Å². The van der Waals surface area contributed by atoms with E-state index in [1.807, 2.05) is 6.07 Å². The molecule has 1 N–H and O–H groups in total. The number of benzene rings is 4. The molecule has 0 aliphatic carbocycles. The van der Waals surface area contributed by atoms with Gasteiger partial charge < -0.3 is 9.88 Å². The molecule has 0 spiro atoms. The monoisotopic (exact) mass is 513 g/mol. The van der Waals surface area contributed by atoms with Gasteiger partial charge in [-0.2, -0.15) is 0 Å². The molecule has 6 rings (SSSR count). The average Bonchev–Trinajstić information content (AvgIpc) is 3.41. The lowest BCUT2D eigenvalue weighted by Gasteiger charge is -2.40. The Morgan fingerprint density at radius 3 is 2.03 bits per heavy atom. The highest BCUT2D eigenvalue weighted by Gasteiger charge is 2.30. The summed E-state index contributed by atoms with van der Waals surface area (Å²) < 4.78 is 0. The number of amides is 1. The summed E-state index contributed by atoms with van der Waals surface area (Å²) in [6, 6.07) is 38.6. The Hall–Kier alpha value is -4.15. The number of fused-ring (bicyclic) bond motifs is 1. The molecule has 1 aromatic heterocycles. The number of carbonyl (C=O) groups is 1. The number of hydrogen-bond acceptors (Lipinski definition) is 2. The SMILES string of the molecule is Cc1cccc(C(CC(=O)N2CCN(C(c3ccccc3)c3ccccc3)CC2)c2c[nH]c3ccccc23)c1. The third-order valence-corrected chi connectivity index (χ3v) is 8.08. The molecule has 1 atom stereocenters. The summed E-state index contributed by atoms with van der Waals surface area (Å²) in [5, 5.41) is 1.19. The summed E-state index contributed by atoms with van der Waals surface area (Å²) in [5.74, 6) is 0.232. The third-order valence-electron chi connectivity index (χ3n) is 8.08. The minimum Gasteiger partial charge on any atom is -0.361 e. The zero-order chi connectivity index (χ0) is 26.6. The minimum atomic E-state index is 0.00738. The van der Waals surface area contributed by atoms with Crippen LogP contribution in [0.25, 0.3) is 10.9 Å². The van der Waals surface area contributed by atoms with Gasteiger partial charge in [0, 0.05) is 55.6 Å². The standard InChI is InChI=1S/C35H35N3O/c1-26-11-10-16-29(23-26)31(32-25-36-33-18-9-8-17-30(32)33)24-34(39)37-19-21-38(22-20-37)35(27-12-4-2-5-13-27)28-14-6-3-7-15-28/h2-18,23,25,31,35-36H,19-22,24H2,1H3. The van der Waals surface area contributed by atoms with Crippen LogP contribution < -0.4 is 0 Å². The van der Waals surface area contributed by atoms with Gasteiger partial charge in [0.2, 0.25) is 5.91 Å². The predicted molar refractivity (Wildman–Crippen MR) is 159 cm³/mol. The molecule has 4 nitrogen and oxygen atoms in total. The zero-order valence-electron chi connectivity index (χ0n) is 22.5. The van der Waals surface area contributed by atoms with Gasteiger partial charge in [-0.05, 0) is 35.2 Å². The van der Waals surface area contributed by atoms with Crippen molar-refractivity contribution in [1.82, 2.24) is 14.8 Å². The van der Waals surface area contributed by atoms with E-state index < -0.39 is 0 Å². The van der Waals surface area contributed by atoms with Crippen molar-refractivity contribution >= 4 is 16.8 Å². The van der Waals surface area contributed by atoms with E-state index in [0.717, 1.165) is 31.7 Å². The lowest BCUT2D eigenvalue weighted by Crippen LogP contribution is -2.50. The van der Waals surface area contributed by atoms with E-state index >= 15 is 0 Å². The molecule has 0 bridgehead atoms. The van der Waals surface area contributed by atoms with Crippen molar-refractivity contribution < 1.29 is 4.79 Å². The number of nitrogens with one attached hydrogen (secondary N) is 1. The summed E-state index contributed by atoms with van der Waals surface area (Å²) in [6.07, 6.45) is 2.55. The van der Waals surface area contributed by atoms with Gasteiger partial charge in [-0.25, -0.2) is 0 Å². The summed E-state index contributed by atoms with van der Waals surface area (Å²) >= 11 is 0.